The summed E-state index contributed by atoms with van der Waals surface area (Å²) >= 11 is 1.48. The molecule has 0 saturated heterocycles. The van der Waals surface area contributed by atoms with E-state index in [0.29, 0.717) is 11.0 Å². The molecule has 2 aromatic rings. The summed E-state index contributed by atoms with van der Waals surface area (Å²) in [5, 5.41) is 4.01. The first kappa shape index (κ1) is 13.6. The molecule has 1 aromatic carbocycles. The highest BCUT2D eigenvalue weighted by molar-refractivity contribution is 7.15. The predicted octanol–water partition coefficient (Wildman–Crippen LogP) is 4.08. The molecule has 1 heterocycles. The standard InChI is InChI=1S/C15H16F2N2S/c1-2-18-12-4-3-5-13-14(12)20-15(19-13)10-8-9(16)6-7-11(10)17/h6-8,12,18H,2-5H2,1H3. The van der Waals surface area contributed by atoms with Gasteiger partial charge in [0.2, 0.25) is 0 Å². The first-order valence-corrected chi connectivity index (χ1v) is 7.69. The molecule has 0 bridgehead atoms. The Morgan fingerprint density at radius 3 is 3.05 bits per heavy atom. The van der Waals surface area contributed by atoms with Crippen molar-refractivity contribution in [3.05, 3.63) is 40.4 Å². The molecule has 0 spiro atoms. The van der Waals surface area contributed by atoms with Gasteiger partial charge in [-0.3, -0.25) is 0 Å². The van der Waals surface area contributed by atoms with Crippen molar-refractivity contribution in [2.75, 3.05) is 6.54 Å². The van der Waals surface area contributed by atoms with Crippen LogP contribution in [0, 0.1) is 11.6 Å². The van der Waals surface area contributed by atoms with Gasteiger partial charge in [-0.1, -0.05) is 6.92 Å². The Labute approximate surface area is 120 Å². The summed E-state index contributed by atoms with van der Waals surface area (Å²) in [5.41, 5.74) is 1.30. The number of hydrogen-bond acceptors (Lipinski definition) is 3. The Hall–Kier alpha value is -1.33. The number of rotatable bonds is 3. The lowest BCUT2D eigenvalue weighted by Crippen LogP contribution is -2.23. The topological polar surface area (TPSA) is 24.9 Å². The molecule has 20 heavy (non-hydrogen) atoms. The zero-order valence-corrected chi connectivity index (χ0v) is 12.1. The Balaban J connectivity index is 2.02. The van der Waals surface area contributed by atoms with E-state index >= 15 is 0 Å². The van der Waals surface area contributed by atoms with E-state index in [-0.39, 0.29) is 5.56 Å². The predicted molar refractivity (Wildman–Crippen MR) is 76.8 cm³/mol. The molecule has 1 N–H and O–H groups in total. The SMILES string of the molecule is CCNC1CCCc2nc(-c3cc(F)ccc3F)sc21. The van der Waals surface area contributed by atoms with Gasteiger partial charge in [0.15, 0.2) is 0 Å². The Morgan fingerprint density at radius 1 is 1.40 bits per heavy atom. The number of thiazole rings is 1. The number of hydrogen-bond donors (Lipinski definition) is 1. The van der Waals surface area contributed by atoms with E-state index < -0.39 is 11.6 Å². The van der Waals surface area contributed by atoms with Crippen molar-refractivity contribution in [2.45, 2.75) is 32.2 Å². The fourth-order valence-electron chi connectivity index (χ4n) is 2.64. The van der Waals surface area contributed by atoms with E-state index in [0.717, 1.165) is 43.6 Å². The normalized spacial score (nSPS) is 18.1. The zero-order valence-electron chi connectivity index (χ0n) is 11.2. The highest BCUT2D eigenvalue weighted by Crippen LogP contribution is 2.38. The van der Waals surface area contributed by atoms with Gasteiger partial charge in [-0.2, -0.15) is 0 Å². The minimum atomic E-state index is -0.433. The average Bonchev–Trinajstić information content (AvgIpc) is 2.87. The number of fused-ring (bicyclic) bond motifs is 1. The largest absolute Gasteiger partial charge is 0.309 e. The Morgan fingerprint density at radius 2 is 2.25 bits per heavy atom. The van der Waals surface area contributed by atoms with Crippen LogP contribution in [0.2, 0.25) is 0 Å². The molecule has 106 valence electrons. The van der Waals surface area contributed by atoms with Gasteiger partial charge in [-0.15, -0.1) is 11.3 Å². The summed E-state index contributed by atoms with van der Waals surface area (Å²) in [5.74, 6) is -0.852. The smallest absolute Gasteiger partial charge is 0.133 e. The van der Waals surface area contributed by atoms with E-state index in [1.54, 1.807) is 0 Å². The van der Waals surface area contributed by atoms with Gasteiger partial charge in [-0.25, -0.2) is 13.8 Å². The Bertz CT molecular complexity index is 624. The van der Waals surface area contributed by atoms with Crippen LogP contribution in [0.15, 0.2) is 18.2 Å². The molecule has 3 rings (SSSR count). The van der Waals surface area contributed by atoms with E-state index in [1.165, 1.54) is 22.3 Å². The van der Waals surface area contributed by atoms with Gasteiger partial charge in [0.25, 0.3) is 0 Å². The first-order chi connectivity index (χ1) is 9.69. The quantitative estimate of drug-likeness (QED) is 0.923. The summed E-state index contributed by atoms with van der Waals surface area (Å²) in [4.78, 5) is 5.70. The molecule has 1 unspecified atom stereocenters. The van der Waals surface area contributed by atoms with Crippen LogP contribution >= 0.6 is 11.3 Å². The van der Waals surface area contributed by atoms with Crippen molar-refractivity contribution in [3.63, 3.8) is 0 Å². The molecule has 1 aliphatic rings. The van der Waals surface area contributed by atoms with E-state index in [4.69, 9.17) is 0 Å². The summed E-state index contributed by atoms with van der Waals surface area (Å²) in [6, 6.07) is 3.81. The zero-order chi connectivity index (χ0) is 14.1. The van der Waals surface area contributed by atoms with Gasteiger partial charge >= 0.3 is 0 Å². The van der Waals surface area contributed by atoms with Crippen molar-refractivity contribution in [1.82, 2.24) is 10.3 Å². The Kier molecular flexibility index (Phi) is 3.81. The monoisotopic (exact) mass is 294 g/mol. The van der Waals surface area contributed by atoms with Crippen LogP contribution in [0.25, 0.3) is 10.6 Å². The van der Waals surface area contributed by atoms with Crippen LogP contribution in [0.3, 0.4) is 0 Å². The van der Waals surface area contributed by atoms with E-state index in [9.17, 15) is 8.78 Å². The number of benzene rings is 1. The molecular formula is C15H16F2N2S. The second-order valence-electron chi connectivity index (χ2n) is 4.96. The summed E-state index contributed by atoms with van der Waals surface area (Å²) < 4.78 is 27.2. The van der Waals surface area contributed by atoms with Crippen molar-refractivity contribution < 1.29 is 8.78 Å². The third-order valence-corrected chi connectivity index (χ3v) is 4.80. The maximum Gasteiger partial charge on any atom is 0.133 e. The van der Waals surface area contributed by atoms with Gasteiger partial charge in [0.1, 0.15) is 16.6 Å². The number of nitrogens with one attached hydrogen (secondary N) is 1. The second kappa shape index (κ2) is 5.58. The second-order valence-corrected chi connectivity index (χ2v) is 5.99. The lowest BCUT2D eigenvalue weighted by Gasteiger charge is -2.21. The highest BCUT2D eigenvalue weighted by Gasteiger charge is 2.25. The van der Waals surface area contributed by atoms with Crippen LogP contribution < -0.4 is 5.32 Å². The summed E-state index contributed by atoms with van der Waals surface area (Å²) in [7, 11) is 0. The van der Waals surface area contributed by atoms with Crippen molar-refractivity contribution in [3.8, 4) is 10.6 Å². The molecule has 2 nitrogen and oxygen atoms in total. The van der Waals surface area contributed by atoms with E-state index in [1.807, 2.05) is 0 Å². The average molecular weight is 294 g/mol. The third-order valence-electron chi connectivity index (χ3n) is 3.56. The van der Waals surface area contributed by atoms with E-state index in [2.05, 4.69) is 17.2 Å². The van der Waals surface area contributed by atoms with Gasteiger partial charge in [0.05, 0.1) is 5.69 Å². The molecule has 0 aliphatic heterocycles. The molecule has 0 saturated carbocycles. The fraction of sp³-hybridized carbons (Fsp3) is 0.400. The van der Waals surface area contributed by atoms with Crippen LogP contribution in [-0.4, -0.2) is 11.5 Å². The van der Waals surface area contributed by atoms with Gasteiger partial charge in [-0.05, 0) is 44.0 Å². The molecule has 5 heteroatoms. The lowest BCUT2D eigenvalue weighted by atomic mass is 9.98. The third kappa shape index (κ3) is 2.47. The van der Waals surface area contributed by atoms with Crippen LogP contribution in [0.5, 0.6) is 0 Å². The number of aryl methyl sites for hydroxylation is 1. The molecule has 1 atom stereocenters. The molecule has 0 radical (unpaired) electrons. The lowest BCUT2D eigenvalue weighted by molar-refractivity contribution is 0.476. The van der Waals surface area contributed by atoms with Crippen molar-refractivity contribution >= 4 is 11.3 Å². The number of halogens is 2. The summed E-state index contributed by atoms with van der Waals surface area (Å²) in [6.07, 6.45) is 3.08. The number of nitrogens with zero attached hydrogens (tertiary/aromatic N) is 1. The minimum Gasteiger partial charge on any atom is -0.309 e. The van der Waals surface area contributed by atoms with Crippen molar-refractivity contribution in [2.24, 2.45) is 0 Å². The molecule has 1 aliphatic carbocycles. The maximum atomic E-state index is 13.8. The highest BCUT2D eigenvalue weighted by atomic mass is 32.1. The molecule has 1 aromatic heterocycles. The van der Waals surface area contributed by atoms with Crippen LogP contribution in [0.4, 0.5) is 8.78 Å². The number of aromatic nitrogens is 1. The van der Waals surface area contributed by atoms with Gasteiger partial charge in [0, 0.05) is 16.5 Å². The fourth-order valence-corrected chi connectivity index (χ4v) is 3.88. The van der Waals surface area contributed by atoms with Gasteiger partial charge < -0.3 is 5.32 Å². The van der Waals surface area contributed by atoms with Crippen molar-refractivity contribution in [1.29, 1.82) is 0 Å². The van der Waals surface area contributed by atoms with Crippen LogP contribution in [-0.2, 0) is 6.42 Å². The maximum absolute atomic E-state index is 13.8. The summed E-state index contributed by atoms with van der Waals surface area (Å²) in [6.45, 7) is 2.97. The molecular weight excluding hydrogens is 278 g/mol. The first-order valence-electron chi connectivity index (χ1n) is 6.87. The molecule has 0 amide bonds. The van der Waals surface area contributed by atoms with Crippen LogP contribution in [0.1, 0.15) is 36.4 Å². The molecule has 0 fully saturated rings. The minimum absolute atomic E-state index is 0.264.